The smallest absolute Gasteiger partial charge is 0.240 e. The molecule has 4 nitrogen and oxygen atoms in total. The number of benzene rings is 2. The molecule has 0 aliphatic rings. The monoisotopic (exact) mass is 266 g/mol. The standard InChI is InChI=1S/C16H14N2O2/c1-18(16(19)11-12-17)13-7-9-15(10-8-13)20-14-5-3-2-4-6-14/h2-10H,11H2,1H3. The van der Waals surface area contributed by atoms with Gasteiger partial charge in [-0.2, -0.15) is 5.26 Å². The van der Waals surface area contributed by atoms with E-state index in [0.717, 1.165) is 11.4 Å². The molecule has 20 heavy (non-hydrogen) atoms. The first-order valence-electron chi connectivity index (χ1n) is 6.17. The average Bonchev–Trinajstić information content (AvgIpc) is 2.48. The summed E-state index contributed by atoms with van der Waals surface area (Å²) in [5.41, 5.74) is 0.727. The van der Waals surface area contributed by atoms with Gasteiger partial charge < -0.3 is 9.64 Å². The molecular weight excluding hydrogens is 252 g/mol. The first kappa shape index (κ1) is 13.6. The summed E-state index contributed by atoms with van der Waals surface area (Å²) in [6.45, 7) is 0. The number of amides is 1. The van der Waals surface area contributed by atoms with Crippen molar-refractivity contribution in [3.63, 3.8) is 0 Å². The van der Waals surface area contributed by atoms with Gasteiger partial charge in [0, 0.05) is 12.7 Å². The van der Waals surface area contributed by atoms with Gasteiger partial charge in [0.2, 0.25) is 5.91 Å². The molecule has 2 aromatic rings. The van der Waals surface area contributed by atoms with E-state index in [9.17, 15) is 4.79 Å². The molecule has 0 aromatic heterocycles. The molecule has 100 valence electrons. The second-order valence-electron chi connectivity index (χ2n) is 4.20. The van der Waals surface area contributed by atoms with Crippen LogP contribution >= 0.6 is 0 Å². The summed E-state index contributed by atoms with van der Waals surface area (Å²) in [6, 6.07) is 18.5. The highest BCUT2D eigenvalue weighted by Crippen LogP contribution is 2.24. The highest BCUT2D eigenvalue weighted by molar-refractivity contribution is 5.94. The van der Waals surface area contributed by atoms with E-state index < -0.39 is 0 Å². The molecule has 2 rings (SSSR count). The molecular formula is C16H14N2O2. The molecule has 0 saturated carbocycles. The lowest BCUT2D eigenvalue weighted by molar-refractivity contribution is -0.117. The minimum atomic E-state index is -0.232. The van der Waals surface area contributed by atoms with Gasteiger partial charge in [-0.1, -0.05) is 18.2 Å². The number of rotatable bonds is 4. The van der Waals surface area contributed by atoms with Crippen molar-refractivity contribution < 1.29 is 9.53 Å². The van der Waals surface area contributed by atoms with Gasteiger partial charge in [0.25, 0.3) is 0 Å². The number of carbonyl (C=O) groups excluding carboxylic acids is 1. The Bertz CT molecular complexity index is 615. The fourth-order valence-corrected chi connectivity index (χ4v) is 1.69. The van der Waals surface area contributed by atoms with E-state index >= 15 is 0 Å². The van der Waals surface area contributed by atoms with Crippen LogP contribution in [0.2, 0.25) is 0 Å². The normalized spacial score (nSPS) is 9.60. The number of hydrogen-bond acceptors (Lipinski definition) is 3. The quantitative estimate of drug-likeness (QED) is 0.852. The van der Waals surface area contributed by atoms with Crippen LogP contribution < -0.4 is 9.64 Å². The van der Waals surface area contributed by atoms with Gasteiger partial charge >= 0.3 is 0 Å². The Morgan fingerprint density at radius 3 is 2.30 bits per heavy atom. The Hall–Kier alpha value is -2.80. The molecule has 0 spiro atoms. The number of carbonyl (C=O) groups is 1. The van der Waals surface area contributed by atoms with Gasteiger partial charge in [-0.3, -0.25) is 4.79 Å². The van der Waals surface area contributed by atoms with E-state index in [2.05, 4.69) is 0 Å². The molecule has 0 fully saturated rings. The zero-order chi connectivity index (χ0) is 14.4. The van der Waals surface area contributed by atoms with Gasteiger partial charge in [0.05, 0.1) is 6.07 Å². The van der Waals surface area contributed by atoms with E-state index in [4.69, 9.17) is 10.00 Å². The fourth-order valence-electron chi connectivity index (χ4n) is 1.69. The van der Waals surface area contributed by atoms with E-state index in [1.165, 1.54) is 4.90 Å². The Kier molecular flexibility index (Phi) is 4.35. The minimum absolute atomic E-state index is 0.126. The molecule has 0 heterocycles. The van der Waals surface area contributed by atoms with Crippen LogP contribution in [0.3, 0.4) is 0 Å². The zero-order valence-electron chi connectivity index (χ0n) is 11.1. The Labute approximate surface area is 117 Å². The molecule has 0 radical (unpaired) electrons. The van der Waals surface area contributed by atoms with Gasteiger partial charge in [-0.25, -0.2) is 0 Å². The number of anilines is 1. The number of nitriles is 1. The third kappa shape index (κ3) is 3.36. The molecule has 0 atom stereocenters. The van der Waals surface area contributed by atoms with Crippen LogP contribution in [0.5, 0.6) is 11.5 Å². The maximum atomic E-state index is 11.6. The van der Waals surface area contributed by atoms with Crippen LogP contribution in [0.1, 0.15) is 6.42 Å². The van der Waals surface area contributed by atoms with Crippen molar-refractivity contribution in [1.29, 1.82) is 5.26 Å². The lowest BCUT2D eigenvalue weighted by Crippen LogP contribution is -2.25. The SMILES string of the molecule is CN(C(=O)CC#N)c1ccc(Oc2ccccc2)cc1. The van der Waals surface area contributed by atoms with Crippen LogP contribution in [0.15, 0.2) is 54.6 Å². The largest absolute Gasteiger partial charge is 0.457 e. The lowest BCUT2D eigenvalue weighted by atomic mass is 10.2. The van der Waals surface area contributed by atoms with Crippen LogP contribution in [0.25, 0.3) is 0 Å². The third-order valence-electron chi connectivity index (χ3n) is 2.81. The van der Waals surface area contributed by atoms with Gasteiger partial charge in [-0.15, -0.1) is 0 Å². The number of nitrogens with zero attached hydrogens (tertiary/aromatic N) is 2. The predicted molar refractivity (Wildman–Crippen MR) is 76.6 cm³/mol. The highest BCUT2D eigenvalue weighted by Gasteiger charge is 2.10. The topological polar surface area (TPSA) is 53.3 Å². The maximum Gasteiger partial charge on any atom is 0.240 e. The van der Waals surface area contributed by atoms with Crippen molar-refractivity contribution in [3.8, 4) is 17.6 Å². The molecule has 2 aromatic carbocycles. The Morgan fingerprint density at radius 1 is 1.10 bits per heavy atom. The van der Waals surface area contributed by atoms with E-state index in [1.54, 1.807) is 31.3 Å². The van der Waals surface area contributed by atoms with Crippen LogP contribution in [0, 0.1) is 11.3 Å². The van der Waals surface area contributed by atoms with Crippen molar-refractivity contribution in [2.45, 2.75) is 6.42 Å². The molecule has 1 amide bonds. The van der Waals surface area contributed by atoms with E-state index in [-0.39, 0.29) is 12.3 Å². The average molecular weight is 266 g/mol. The van der Waals surface area contributed by atoms with Crippen molar-refractivity contribution in [1.82, 2.24) is 0 Å². The second-order valence-corrected chi connectivity index (χ2v) is 4.20. The summed E-state index contributed by atoms with van der Waals surface area (Å²) < 4.78 is 5.67. The van der Waals surface area contributed by atoms with Crippen molar-refractivity contribution >= 4 is 11.6 Å². The van der Waals surface area contributed by atoms with E-state index in [1.807, 2.05) is 36.4 Å². The summed E-state index contributed by atoms with van der Waals surface area (Å²) in [7, 11) is 1.65. The van der Waals surface area contributed by atoms with Crippen LogP contribution in [-0.2, 0) is 4.79 Å². The van der Waals surface area contributed by atoms with Crippen LogP contribution in [-0.4, -0.2) is 13.0 Å². The van der Waals surface area contributed by atoms with Gasteiger partial charge in [0.1, 0.15) is 17.9 Å². The molecule has 0 N–H and O–H groups in total. The maximum absolute atomic E-state index is 11.6. The summed E-state index contributed by atoms with van der Waals surface area (Å²) >= 11 is 0. The Morgan fingerprint density at radius 2 is 1.70 bits per heavy atom. The number of para-hydroxylation sites is 1. The zero-order valence-corrected chi connectivity index (χ0v) is 11.1. The first-order chi connectivity index (χ1) is 9.70. The highest BCUT2D eigenvalue weighted by atomic mass is 16.5. The van der Waals surface area contributed by atoms with Crippen molar-refractivity contribution in [3.05, 3.63) is 54.6 Å². The van der Waals surface area contributed by atoms with Crippen molar-refractivity contribution in [2.75, 3.05) is 11.9 Å². The second kappa shape index (κ2) is 6.39. The molecule has 0 aliphatic heterocycles. The van der Waals surface area contributed by atoms with Crippen LogP contribution in [0.4, 0.5) is 5.69 Å². The minimum Gasteiger partial charge on any atom is -0.457 e. The lowest BCUT2D eigenvalue weighted by Gasteiger charge is -2.16. The van der Waals surface area contributed by atoms with E-state index in [0.29, 0.717) is 5.75 Å². The Balaban J connectivity index is 2.07. The summed E-state index contributed by atoms with van der Waals surface area (Å²) in [5.74, 6) is 1.22. The predicted octanol–water partition coefficient (Wildman–Crippen LogP) is 3.36. The molecule has 0 bridgehead atoms. The number of hydrogen-bond donors (Lipinski definition) is 0. The summed E-state index contributed by atoms with van der Waals surface area (Å²) in [6.07, 6.45) is -0.126. The van der Waals surface area contributed by atoms with Gasteiger partial charge in [-0.05, 0) is 36.4 Å². The third-order valence-corrected chi connectivity index (χ3v) is 2.81. The number of ether oxygens (including phenoxy) is 1. The summed E-state index contributed by atoms with van der Waals surface area (Å²) in [5, 5.41) is 8.52. The fraction of sp³-hybridized carbons (Fsp3) is 0.125. The summed E-state index contributed by atoms with van der Waals surface area (Å²) in [4.78, 5) is 13.0. The molecule has 0 aliphatic carbocycles. The first-order valence-corrected chi connectivity index (χ1v) is 6.17. The van der Waals surface area contributed by atoms with Crippen molar-refractivity contribution in [2.24, 2.45) is 0 Å². The van der Waals surface area contributed by atoms with Gasteiger partial charge in [0.15, 0.2) is 0 Å². The molecule has 0 saturated heterocycles. The molecule has 4 heteroatoms. The molecule has 0 unspecified atom stereocenters.